The van der Waals surface area contributed by atoms with Crippen molar-refractivity contribution in [3.8, 4) is 0 Å². The number of aliphatic hydroxyl groups is 1. The Hall–Kier alpha value is -0.170. The number of aromatic nitrogens is 2. The summed E-state index contributed by atoms with van der Waals surface area (Å²) >= 11 is 8.54. The lowest BCUT2D eigenvalue weighted by molar-refractivity contribution is 0.176. The Bertz CT molecular complexity index is 605. The molecule has 2 aromatic rings. The molecular formula is C15H18Br2N2OS. The van der Waals surface area contributed by atoms with Gasteiger partial charge in [-0.15, -0.1) is 11.3 Å². The zero-order valence-corrected chi connectivity index (χ0v) is 15.6. The van der Waals surface area contributed by atoms with E-state index in [0.29, 0.717) is 12.5 Å². The molecule has 0 amide bonds. The van der Waals surface area contributed by atoms with Gasteiger partial charge in [-0.3, -0.25) is 4.68 Å². The van der Waals surface area contributed by atoms with Crippen LogP contribution in [-0.4, -0.2) is 14.9 Å². The van der Waals surface area contributed by atoms with Crippen LogP contribution in [0, 0.1) is 0 Å². The van der Waals surface area contributed by atoms with E-state index in [9.17, 15) is 5.11 Å². The van der Waals surface area contributed by atoms with Gasteiger partial charge in [-0.05, 0) is 56.8 Å². The topological polar surface area (TPSA) is 38.0 Å². The van der Waals surface area contributed by atoms with Crippen LogP contribution in [0.15, 0.2) is 25.9 Å². The number of halogens is 2. The average Bonchev–Trinajstić information content (AvgIpc) is 3.06. The summed E-state index contributed by atoms with van der Waals surface area (Å²) in [5.41, 5.74) is 1.89. The Morgan fingerprint density at radius 1 is 1.33 bits per heavy atom. The molecule has 0 bridgehead atoms. The first-order valence-electron chi connectivity index (χ1n) is 7.30. The summed E-state index contributed by atoms with van der Waals surface area (Å²) in [6.07, 6.45) is 8.52. The highest BCUT2D eigenvalue weighted by atomic mass is 79.9. The molecule has 1 unspecified atom stereocenters. The molecule has 1 aliphatic rings. The molecule has 1 saturated carbocycles. The van der Waals surface area contributed by atoms with Crippen molar-refractivity contribution in [2.45, 2.75) is 50.7 Å². The van der Waals surface area contributed by atoms with Gasteiger partial charge in [0.25, 0.3) is 0 Å². The third-order valence-corrected chi connectivity index (χ3v) is 6.44. The van der Waals surface area contributed by atoms with Crippen molar-refractivity contribution >= 4 is 43.2 Å². The first-order chi connectivity index (χ1) is 10.1. The Balaban J connectivity index is 1.67. The highest BCUT2D eigenvalue weighted by Gasteiger charge is 2.19. The van der Waals surface area contributed by atoms with Crippen molar-refractivity contribution in [1.82, 2.24) is 9.78 Å². The van der Waals surface area contributed by atoms with E-state index in [4.69, 9.17) is 0 Å². The van der Waals surface area contributed by atoms with E-state index in [2.05, 4.69) is 47.8 Å². The van der Waals surface area contributed by atoms with E-state index in [1.54, 1.807) is 11.3 Å². The summed E-state index contributed by atoms with van der Waals surface area (Å²) in [5.74, 6) is 0. The predicted octanol–water partition coefficient (Wildman–Crippen LogP) is 5.25. The van der Waals surface area contributed by atoms with Crippen molar-refractivity contribution in [3.05, 3.63) is 37.2 Å². The molecule has 0 saturated heterocycles. The molecule has 3 nitrogen and oxygen atoms in total. The van der Waals surface area contributed by atoms with Crippen LogP contribution in [-0.2, 0) is 6.42 Å². The second-order valence-electron chi connectivity index (χ2n) is 5.58. The monoisotopic (exact) mass is 432 g/mol. The second kappa shape index (κ2) is 6.94. The lowest BCUT2D eigenvalue weighted by Gasteiger charge is -2.21. The Morgan fingerprint density at radius 3 is 2.76 bits per heavy atom. The standard InChI is InChI=1S/C15H18Br2N2OS/c16-14-9-12(15(17)21-14)13(20)8-10-6-7-19(18-10)11-4-2-1-3-5-11/h6-7,9,11,13,20H,1-5,8H2. The maximum Gasteiger partial charge on any atom is 0.0865 e. The zero-order chi connectivity index (χ0) is 14.8. The van der Waals surface area contributed by atoms with Crippen LogP contribution in [0.4, 0.5) is 0 Å². The van der Waals surface area contributed by atoms with Crippen LogP contribution in [0.5, 0.6) is 0 Å². The van der Waals surface area contributed by atoms with Gasteiger partial charge in [-0.2, -0.15) is 5.10 Å². The second-order valence-corrected chi connectivity index (χ2v) is 9.33. The van der Waals surface area contributed by atoms with Crippen LogP contribution < -0.4 is 0 Å². The minimum atomic E-state index is -0.517. The third kappa shape index (κ3) is 3.78. The van der Waals surface area contributed by atoms with Gasteiger partial charge in [0.15, 0.2) is 0 Å². The fourth-order valence-corrected chi connectivity index (χ4v) is 5.88. The highest BCUT2D eigenvalue weighted by Crippen LogP contribution is 2.36. The quantitative estimate of drug-likeness (QED) is 0.714. The molecule has 2 aromatic heterocycles. The van der Waals surface area contributed by atoms with Crippen molar-refractivity contribution in [3.63, 3.8) is 0 Å². The lowest BCUT2D eigenvalue weighted by Crippen LogP contribution is -2.13. The molecule has 0 radical (unpaired) electrons. The molecule has 3 rings (SSSR count). The van der Waals surface area contributed by atoms with Crippen LogP contribution >= 0.6 is 43.2 Å². The highest BCUT2D eigenvalue weighted by molar-refractivity contribution is 9.12. The fraction of sp³-hybridized carbons (Fsp3) is 0.533. The normalized spacial score (nSPS) is 18.0. The smallest absolute Gasteiger partial charge is 0.0865 e. The minimum absolute atomic E-state index is 0.517. The summed E-state index contributed by atoms with van der Waals surface area (Å²) in [5, 5.41) is 15.1. The summed E-state index contributed by atoms with van der Waals surface area (Å²) in [4.78, 5) is 0. The number of aliphatic hydroxyl groups excluding tert-OH is 1. The Kier molecular flexibility index (Phi) is 5.19. The zero-order valence-electron chi connectivity index (χ0n) is 11.6. The van der Waals surface area contributed by atoms with Gasteiger partial charge in [0.2, 0.25) is 0 Å². The molecule has 6 heteroatoms. The van der Waals surface area contributed by atoms with E-state index in [-0.39, 0.29) is 0 Å². The number of rotatable bonds is 4. The SMILES string of the molecule is OC(Cc1ccn(C2CCCCC2)n1)c1cc(Br)sc1Br. The first-order valence-corrected chi connectivity index (χ1v) is 9.70. The van der Waals surface area contributed by atoms with Gasteiger partial charge in [0, 0.05) is 18.2 Å². The van der Waals surface area contributed by atoms with Crippen LogP contribution in [0.1, 0.15) is 55.5 Å². The first kappa shape index (κ1) is 15.7. The van der Waals surface area contributed by atoms with E-state index >= 15 is 0 Å². The maximum atomic E-state index is 10.4. The molecule has 2 heterocycles. The van der Waals surface area contributed by atoms with Gasteiger partial charge in [-0.1, -0.05) is 19.3 Å². The summed E-state index contributed by atoms with van der Waals surface area (Å²) < 4.78 is 4.10. The molecular weight excluding hydrogens is 416 g/mol. The molecule has 0 aromatic carbocycles. The molecule has 1 aliphatic carbocycles. The van der Waals surface area contributed by atoms with Crippen LogP contribution in [0.25, 0.3) is 0 Å². The number of nitrogens with zero attached hydrogens (tertiary/aromatic N) is 2. The molecule has 1 N–H and O–H groups in total. The molecule has 0 aliphatic heterocycles. The summed E-state index contributed by atoms with van der Waals surface area (Å²) in [6.45, 7) is 0. The predicted molar refractivity (Wildman–Crippen MR) is 92.7 cm³/mol. The van der Waals surface area contributed by atoms with Crippen LogP contribution in [0.3, 0.4) is 0 Å². The Morgan fingerprint density at radius 2 is 2.10 bits per heavy atom. The van der Waals surface area contributed by atoms with Gasteiger partial charge >= 0.3 is 0 Å². The van der Waals surface area contributed by atoms with Crippen molar-refractivity contribution in [1.29, 1.82) is 0 Å². The van der Waals surface area contributed by atoms with Crippen molar-refractivity contribution in [2.24, 2.45) is 0 Å². The summed E-state index contributed by atoms with van der Waals surface area (Å²) in [7, 11) is 0. The minimum Gasteiger partial charge on any atom is -0.388 e. The average molecular weight is 434 g/mol. The Labute approximate surface area is 145 Å². The molecule has 0 spiro atoms. The lowest BCUT2D eigenvalue weighted by atomic mass is 9.96. The van der Waals surface area contributed by atoms with E-state index in [0.717, 1.165) is 18.8 Å². The molecule has 1 atom stereocenters. The van der Waals surface area contributed by atoms with Crippen molar-refractivity contribution in [2.75, 3.05) is 0 Å². The largest absolute Gasteiger partial charge is 0.388 e. The third-order valence-electron chi connectivity index (χ3n) is 4.06. The van der Waals surface area contributed by atoms with Crippen LogP contribution in [0.2, 0.25) is 0 Å². The van der Waals surface area contributed by atoms with Gasteiger partial charge < -0.3 is 5.11 Å². The number of hydrogen-bond acceptors (Lipinski definition) is 3. The maximum absolute atomic E-state index is 10.4. The van der Waals surface area contributed by atoms with E-state index in [1.165, 1.54) is 32.1 Å². The van der Waals surface area contributed by atoms with Gasteiger partial charge in [0.1, 0.15) is 0 Å². The molecule has 1 fully saturated rings. The van der Waals surface area contributed by atoms with E-state index in [1.807, 2.05) is 12.1 Å². The summed E-state index contributed by atoms with van der Waals surface area (Å²) in [6, 6.07) is 4.55. The van der Waals surface area contributed by atoms with Gasteiger partial charge in [-0.25, -0.2) is 0 Å². The van der Waals surface area contributed by atoms with Crippen molar-refractivity contribution < 1.29 is 5.11 Å². The number of thiophene rings is 1. The number of hydrogen-bond donors (Lipinski definition) is 1. The van der Waals surface area contributed by atoms with Gasteiger partial charge in [0.05, 0.1) is 25.4 Å². The fourth-order valence-electron chi connectivity index (χ4n) is 2.92. The molecule has 114 valence electrons. The molecule has 21 heavy (non-hydrogen) atoms. The van der Waals surface area contributed by atoms with E-state index < -0.39 is 6.10 Å².